The molecular weight excluding hydrogens is 418 g/mol. The van der Waals surface area contributed by atoms with Crippen LogP contribution in [-0.2, 0) is 20.9 Å². The highest BCUT2D eigenvalue weighted by molar-refractivity contribution is 6.20. The quantitative estimate of drug-likeness (QED) is 0.411. The number of aliphatic imine (C=N–C) groups is 1. The summed E-state index contributed by atoms with van der Waals surface area (Å²) in [6, 6.07) is 8.76. The molecule has 1 atom stereocenters. The van der Waals surface area contributed by atoms with Crippen LogP contribution in [0.1, 0.15) is 23.0 Å². The molecule has 11 heteroatoms. The van der Waals surface area contributed by atoms with Crippen LogP contribution < -0.4 is 16.0 Å². The minimum Gasteiger partial charge on any atom is -0.467 e. The summed E-state index contributed by atoms with van der Waals surface area (Å²) in [4.78, 5) is 64.5. The number of urea groups is 1. The molecule has 3 rings (SSSR count). The van der Waals surface area contributed by atoms with Gasteiger partial charge in [-0.25, -0.2) is 9.79 Å². The van der Waals surface area contributed by atoms with E-state index >= 15 is 0 Å². The Morgan fingerprint density at radius 3 is 2.44 bits per heavy atom. The molecule has 3 N–H and O–H groups in total. The van der Waals surface area contributed by atoms with Gasteiger partial charge in [0.1, 0.15) is 5.76 Å². The number of hydrogen-bond donors (Lipinski definition) is 3. The van der Waals surface area contributed by atoms with Crippen molar-refractivity contribution in [3.05, 3.63) is 54.0 Å². The Bertz CT molecular complexity index is 1050. The lowest BCUT2D eigenvalue weighted by molar-refractivity contribution is -0.137. The standard InChI is InChI=1S/C21H21N5O6/c1-13(27)25-15-6-4-14(5-7-15)18(28)22-8-9-23-19(29)17-11-24-21(31)26(20(17)30)12-16-3-2-10-32-16/h2-7,10-11,17H,8-9,12H2,1H3,(H,22,28)(H,23,29)(H,25,27). The number of imide groups is 1. The molecule has 0 spiro atoms. The van der Waals surface area contributed by atoms with E-state index in [0.717, 1.165) is 11.1 Å². The van der Waals surface area contributed by atoms with Crippen LogP contribution >= 0.6 is 0 Å². The van der Waals surface area contributed by atoms with Crippen LogP contribution in [0.25, 0.3) is 0 Å². The lowest BCUT2D eigenvalue weighted by atomic mass is 10.1. The van der Waals surface area contributed by atoms with Crippen molar-refractivity contribution in [3.8, 4) is 0 Å². The Balaban J connectivity index is 1.46. The van der Waals surface area contributed by atoms with Gasteiger partial charge >= 0.3 is 6.03 Å². The lowest BCUT2D eigenvalue weighted by Gasteiger charge is -2.24. The molecule has 0 saturated heterocycles. The zero-order valence-electron chi connectivity index (χ0n) is 17.2. The summed E-state index contributed by atoms with van der Waals surface area (Å²) in [6.07, 6.45) is 2.42. The molecule has 1 aliphatic heterocycles. The number of nitrogens with zero attached hydrogens (tertiary/aromatic N) is 2. The molecule has 2 aromatic rings. The van der Waals surface area contributed by atoms with Gasteiger partial charge in [-0.3, -0.25) is 24.1 Å². The topological polar surface area (TPSA) is 150 Å². The van der Waals surface area contributed by atoms with Gasteiger partial charge in [-0.2, -0.15) is 0 Å². The SMILES string of the molecule is CC(=O)Nc1ccc(C(=O)NCCNC(=O)C2C=NC(=O)N(Cc3ccco3)C2=O)cc1. The first-order valence-corrected chi connectivity index (χ1v) is 9.70. The number of carbonyl (C=O) groups is 5. The average Bonchev–Trinajstić information content (AvgIpc) is 3.27. The van der Waals surface area contributed by atoms with Crippen LogP contribution in [0.3, 0.4) is 0 Å². The third kappa shape index (κ3) is 5.65. The summed E-state index contributed by atoms with van der Waals surface area (Å²) in [7, 11) is 0. The molecule has 6 amide bonds. The van der Waals surface area contributed by atoms with Crippen molar-refractivity contribution in [1.29, 1.82) is 0 Å². The molecule has 166 valence electrons. The number of rotatable bonds is 8. The highest BCUT2D eigenvalue weighted by Gasteiger charge is 2.36. The van der Waals surface area contributed by atoms with Crippen molar-refractivity contribution < 1.29 is 28.4 Å². The highest BCUT2D eigenvalue weighted by atomic mass is 16.3. The van der Waals surface area contributed by atoms with Gasteiger partial charge in [-0.15, -0.1) is 0 Å². The molecule has 0 fully saturated rings. The molecule has 2 heterocycles. The number of furan rings is 1. The number of carbonyl (C=O) groups excluding carboxylic acids is 5. The van der Waals surface area contributed by atoms with Crippen molar-refractivity contribution in [2.45, 2.75) is 13.5 Å². The van der Waals surface area contributed by atoms with Gasteiger partial charge in [0.2, 0.25) is 17.7 Å². The Morgan fingerprint density at radius 2 is 1.78 bits per heavy atom. The summed E-state index contributed by atoms with van der Waals surface area (Å²) < 4.78 is 5.13. The Labute approximate surface area is 182 Å². The molecule has 1 unspecified atom stereocenters. The fourth-order valence-corrected chi connectivity index (χ4v) is 2.90. The van der Waals surface area contributed by atoms with Gasteiger partial charge in [0.25, 0.3) is 5.91 Å². The Morgan fingerprint density at radius 1 is 1.06 bits per heavy atom. The molecule has 0 aliphatic carbocycles. The van der Waals surface area contributed by atoms with E-state index in [2.05, 4.69) is 20.9 Å². The maximum Gasteiger partial charge on any atom is 0.350 e. The zero-order valence-corrected chi connectivity index (χ0v) is 17.2. The predicted molar refractivity (Wildman–Crippen MR) is 113 cm³/mol. The minimum atomic E-state index is -1.25. The number of amides is 6. The second-order valence-corrected chi connectivity index (χ2v) is 6.85. The van der Waals surface area contributed by atoms with E-state index < -0.39 is 23.8 Å². The summed E-state index contributed by atoms with van der Waals surface area (Å²) >= 11 is 0. The van der Waals surface area contributed by atoms with Crippen LogP contribution in [-0.4, -0.2) is 53.9 Å². The number of anilines is 1. The monoisotopic (exact) mass is 439 g/mol. The normalized spacial score (nSPS) is 15.4. The van der Waals surface area contributed by atoms with Crippen molar-refractivity contribution >= 4 is 41.6 Å². The highest BCUT2D eigenvalue weighted by Crippen LogP contribution is 2.15. The van der Waals surface area contributed by atoms with Crippen molar-refractivity contribution in [2.75, 3.05) is 18.4 Å². The maximum atomic E-state index is 12.5. The van der Waals surface area contributed by atoms with Crippen molar-refractivity contribution in [1.82, 2.24) is 15.5 Å². The maximum absolute atomic E-state index is 12.5. The Kier molecular flexibility index (Phi) is 7.11. The third-order valence-electron chi connectivity index (χ3n) is 4.45. The first-order valence-electron chi connectivity index (χ1n) is 9.70. The van der Waals surface area contributed by atoms with E-state index in [1.165, 1.54) is 13.2 Å². The second kappa shape index (κ2) is 10.2. The summed E-state index contributed by atoms with van der Waals surface area (Å²) in [5.74, 6) is -2.78. The molecule has 0 radical (unpaired) electrons. The predicted octanol–water partition coefficient (Wildman–Crippen LogP) is 0.933. The molecular formula is C21H21N5O6. The third-order valence-corrected chi connectivity index (χ3v) is 4.45. The summed E-state index contributed by atoms with van der Waals surface area (Å²) in [5.41, 5.74) is 0.951. The van der Waals surface area contributed by atoms with Crippen LogP contribution in [0.5, 0.6) is 0 Å². The van der Waals surface area contributed by atoms with E-state index in [4.69, 9.17) is 4.42 Å². The molecule has 0 bridgehead atoms. The van der Waals surface area contributed by atoms with Gasteiger partial charge in [0.15, 0.2) is 5.92 Å². The van der Waals surface area contributed by atoms with Gasteiger partial charge < -0.3 is 20.4 Å². The molecule has 32 heavy (non-hydrogen) atoms. The van der Waals surface area contributed by atoms with E-state index in [1.807, 2.05) is 0 Å². The molecule has 1 aliphatic rings. The van der Waals surface area contributed by atoms with E-state index in [9.17, 15) is 24.0 Å². The molecule has 1 aromatic carbocycles. The number of benzene rings is 1. The molecule has 0 saturated carbocycles. The van der Waals surface area contributed by atoms with Crippen LogP contribution in [0.4, 0.5) is 10.5 Å². The van der Waals surface area contributed by atoms with Crippen LogP contribution in [0.15, 0.2) is 52.1 Å². The summed E-state index contributed by atoms with van der Waals surface area (Å²) in [6.45, 7) is 1.45. The average molecular weight is 439 g/mol. The van der Waals surface area contributed by atoms with E-state index in [1.54, 1.807) is 36.4 Å². The van der Waals surface area contributed by atoms with Crippen molar-refractivity contribution in [2.24, 2.45) is 10.9 Å². The number of hydrogen-bond acceptors (Lipinski definition) is 6. The largest absolute Gasteiger partial charge is 0.467 e. The number of nitrogens with one attached hydrogen (secondary N) is 3. The first kappa shape index (κ1) is 22.4. The fourth-order valence-electron chi connectivity index (χ4n) is 2.90. The smallest absolute Gasteiger partial charge is 0.350 e. The van der Waals surface area contributed by atoms with Gasteiger partial charge in [0.05, 0.1) is 12.8 Å². The fraction of sp³-hybridized carbons (Fsp3) is 0.238. The van der Waals surface area contributed by atoms with Gasteiger partial charge in [-0.1, -0.05) is 0 Å². The summed E-state index contributed by atoms with van der Waals surface area (Å²) in [5, 5.41) is 7.78. The lowest BCUT2D eigenvalue weighted by Crippen LogP contribution is -2.49. The Hall–Kier alpha value is -4.28. The van der Waals surface area contributed by atoms with Crippen molar-refractivity contribution in [3.63, 3.8) is 0 Å². The van der Waals surface area contributed by atoms with Gasteiger partial charge in [-0.05, 0) is 36.4 Å². The van der Waals surface area contributed by atoms with Crippen LogP contribution in [0.2, 0.25) is 0 Å². The van der Waals surface area contributed by atoms with Gasteiger partial charge in [0, 0.05) is 37.5 Å². The first-order chi connectivity index (χ1) is 15.3. The van der Waals surface area contributed by atoms with E-state index in [0.29, 0.717) is 17.0 Å². The molecule has 11 nitrogen and oxygen atoms in total. The minimum absolute atomic E-state index is 0.0678. The van der Waals surface area contributed by atoms with Crippen LogP contribution in [0, 0.1) is 5.92 Å². The van der Waals surface area contributed by atoms with E-state index in [-0.39, 0.29) is 31.4 Å². The molecule has 1 aromatic heterocycles. The zero-order chi connectivity index (χ0) is 23.1. The second-order valence-electron chi connectivity index (χ2n) is 6.85.